The number of carboxylic acid groups (broad SMARTS) is 1. The highest BCUT2D eigenvalue weighted by atomic mass is 16.6. The molecule has 5 heteroatoms. The van der Waals surface area contributed by atoms with Crippen molar-refractivity contribution < 1.29 is 14.8 Å². The predicted molar refractivity (Wildman–Crippen MR) is 84.5 cm³/mol. The van der Waals surface area contributed by atoms with Crippen LogP contribution in [0, 0.1) is 24.0 Å². The van der Waals surface area contributed by atoms with Crippen LogP contribution in [0.2, 0.25) is 0 Å². The molecule has 1 N–H and O–H groups in total. The Bertz CT molecular complexity index is 761. The molecule has 2 rings (SSSR count). The number of aliphatic carboxylic acids is 1. The number of carboxylic acids is 1. The third kappa shape index (κ3) is 3.38. The summed E-state index contributed by atoms with van der Waals surface area (Å²) in [5, 5.41) is 20.0. The number of hydrogen-bond acceptors (Lipinski definition) is 3. The molecule has 22 heavy (non-hydrogen) atoms. The lowest BCUT2D eigenvalue weighted by Crippen LogP contribution is -2.00. The molecule has 0 fully saturated rings. The zero-order valence-electron chi connectivity index (χ0n) is 12.2. The standard InChI is InChI=1S/C17H15NO4/c1-11-3-6-14(9-12(11)2)16(17(19)20)10-13-4-7-15(8-5-13)18(21)22/h3-10H,1-2H3,(H,19,20)/b16-10-. The normalized spacial score (nSPS) is 11.3. The molecule has 0 radical (unpaired) electrons. The topological polar surface area (TPSA) is 80.4 Å². The molecular weight excluding hydrogens is 282 g/mol. The van der Waals surface area contributed by atoms with Crippen LogP contribution in [-0.4, -0.2) is 16.0 Å². The van der Waals surface area contributed by atoms with E-state index in [1.165, 1.54) is 30.3 Å². The summed E-state index contributed by atoms with van der Waals surface area (Å²) in [7, 11) is 0. The SMILES string of the molecule is Cc1ccc(/C(=C/c2ccc([N+](=O)[O-])cc2)C(=O)O)cc1C. The Morgan fingerprint density at radius 1 is 1.09 bits per heavy atom. The van der Waals surface area contributed by atoms with Crippen LogP contribution in [0.4, 0.5) is 5.69 Å². The van der Waals surface area contributed by atoms with E-state index >= 15 is 0 Å². The molecule has 0 unspecified atom stereocenters. The predicted octanol–water partition coefficient (Wildman–Crippen LogP) is 3.84. The first-order valence-corrected chi connectivity index (χ1v) is 6.65. The van der Waals surface area contributed by atoms with E-state index in [2.05, 4.69) is 0 Å². The zero-order valence-corrected chi connectivity index (χ0v) is 12.2. The molecular formula is C17H15NO4. The van der Waals surface area contributed by atoms with E-state index < -0.39 is 10.9 Å². The molecule has 0 aliphatic rings. The number of non-ortho nitro benzene ring substituents is 1. The Kier molecular flexibility index (Phi) is 4.36. The van der Waals surface area contributed by atoms with E-state index in [1.54, 1.807) is 6.07 Å². The van der Waals surface area contributed by atoms with Crippen LogP contribution in [0.1, 0.15) is 22.3 Å². The summed E-state index contributed by atoms with van der Waals surface area (Å²) in [6.07, 6.45) is 1.51. The van der Waals surface area contributed by atoms with Crippen molar-refractivity contribution in [3.8, 4) is 0 Å². The van der Waals surface area contributed by atoms with Gasteiger partial charge in [-0.25, -0.2) is 4.79 Å². The second-order valence-electron chi connectivity index (χ2n) is 5.01. The summed E-state index contributed by atoms with van der Waals surface area (Å²) in [5.41, 5.74) is 3.42. The first kappa shape index (κ1) is 15.4. The smallest absolute Gasteiger partial charge is 0.336 e. The van der Waals surface area contributed by atoms with Crippen LogP contribution in [0.15, 0.2) is 42.5 Å². The Hall–Kier alpha value is -2.95. The second kappa shape index (κ2) is 6.22. The molecule has 0 heterocycles. The number of carbonyl (C=O) groups is 1. The van der Waals surface area contributed by atoms with E-state index in [-0.39, 0.29) is 11.3 Å². The number of aryl methyl sites for hydroxylation is 2. The summed E-state index contributed by atoms with van der Waals surface area (Å²) >= 11 is 0. The van der Waals surface area contributed by atoms with Crippen molar-refractivity contribution in [3.05, 3.63) is 74.8 Å². The van der Waals surface area contributed by atoms with Gasteiger partial charge >= 0.3 is 5.97 Å². The van der Waals surface area contributed by atoms with E-state index in [4.69, 9.17) is 0 Å². The summed E-state index contributed by atoms with van der Waals surface area (Å²) in [6, 6.07) is 11.2. The van der Waals surface area contributed by atoms with Gasteiger partial charge in [0.15, 0.2) is 0 Å². The lowest BCUT2D eigenvalue weighted by Gasteiger charge is -2.06. The highest BCUT2D eigenvalue weighted by molar-refractivity contribution is 6.20. The number of nitrogens with zero attached hydrogens (tertiary/aromatic N) is 1. The fourth-order valence-electron chi connectivity index (χ4n) is 2.04. The highest BCUT2D eigenvalue weighted by Crippen LogP contribution is 2.22. The third-order valence-electron chi connectivity index (χ3n) is 3.46. The van der Waals surface area contributed by atoms with Gasteiger partial charge in [0.05, 0.1) is 10.5 Å². The van der Waals surface area contributed by atoms with Crippen LogP contribution in [-0.2, 0) is 4.79 Å². The maximum Gasteiger partial charge on any atom is 0.336 e. The molecule has 0 aliphatic carbocycles. The van der Waals surface area contributed by atoms with E-state index in [0.717, 1.165) is 11.1 Å². The molecule has 0 bridgehead atoms. The third-order valence-corrected chi connectivity index (χ3v) is 3.46. The molecule has 5 nitrogen and oxygen atoms in total. The number of nitro groups is 1. The van der Waals surface area contributed by atoms with Crippen molar-refractivity contribution in [2.24, 2.45) is 0 Å². The Morgan fingerprint density at radius 3 is 2.23 bits per heavy atom. The molecule has 0 aliphatic heterocycles. The number of benzene rings is 2. The van der Waals surface area contributed by atoms with E-state index in [1.807, 2.05) is 26.0 Å². The fourth-order valence-corrected chi connectivity index (χ4v) is 2.04. The van der Waals surface area contributed by atoms with Crippen molar-refractivity contribution in [1.82, 2.24) is 0 Å². The monoisotopic (exact) mass is 297 g/mol. The number of rotatable bonds is 4. The first-order chi connectivity index (χ1) is 10.4. The van der Waals surface area contributed by atoms with E-state index in [0.29, 0.717) is 11.1 Å². The van der Waals surface area contributed by atoms with Gasteiger partial charge in [-0.05, 0) is 54.3 Å². The van der Waals surface area contributed by atoms with Crippen LogP contribution >= 0.6 is 0 Å². The molecule has 112 valence electrons. The Balaban J connectivity index is 2.44. The minimum absolute atomic E-state index is 0.0276. The highest BCUT2D eigenvalue weighted by Gasteiger charge is 2.12. The minimum Gasteiger partial charge on any atom is -0.478 e. The molecule has 2 aromatic carbocycles. The number of nitro benzene ring substituents is 1. The molecule has 2 aromatic rings. The molecule has 0 aromatic heterocycles. The van der Waals surface area contributed by atoms with Gasteiger partial charge in [-0.3, -0.25) is 10.1 Å². The lowest BCUT2D eigenvalue weighted by molar-refractivity contribution is -0.384. The minimum atomic E-state index is -1.04. The summed E-state index contributed by atoms with van der Waals surface area (Å²) in [6.45, 7) is 3.88. The summed E-state index contributed by atoms with van der Waals surface area (Å²) in [5.74, 6) is -1.04. The van der Waals surface area contributed by atoms with Gasteiger partial charge in [-0.1, -0.05) is 18.2 Å². The average Bonchev–Trinajstić information content (AvgIpc) is 2.48. The number of hydrogen-bond donors (Lipinski definition) is 1. The van der Waals surface area contributed by atoms with Gasteiger partial charge in [0.1, 0.15) is 0 Å². The Morgan fingerprint density at radius 2 is 1.73 bits per heavy atom. The fraction of sp³-hybridized carbons (Fsp3) is 0.118. The molecule has 0 saturated heterocycles. The van der Waals surface area contributed by atoms with E-state index in [9.17, 15) is 20.0 Å². The Labute approximate surface area is 127 Å². The van der Waals surface area contributed by atoms with Crippen molar-refractivity contribution in [2.75, 3.05) is 0 Å². The summed E-state index contributed by atoms with van der Waals surface area (Å²) < 4.78 is 0. The van der Waals surface area contributed by atoms with Crippen LogP contribution in [0.3, 0.4) is 0 Å². The van der Waals surface area contributed by atoms with Gasteiger partial charge in [-0.2, -0.15) is 0 Å². The van der Waals surface area contributed by atoms with Crippen LogP contribution < -0.4 is 0 Å². The summed E-state index contributed by atoms with van der Waals surface area (Å²) in [4.78, 5) is 21.6. The van der Waals surface area contributed by atoms with Gasteiger partial charge in [-0.15, -0.1) is 0 Å². The maximum absolute atomic E-state index is 11.5. The quantitative estimate of drug-likeness (QED) is 0.402. The average molecular weight is 297 g/mol. The molecule has 0 amide bonds. The van der Waals surface area contributed by atoms with Gasteiger partial charge in [0.25, 0.3) is 5.69 Å². The first-order valence-electron chi connectivity index (χ1n) is 6.65. The second-order valence-corrected chi connectivity index (χ2v) is 5.01. The molecule has 0 spiro atoms. The maximum atomic E-state index is 11.5. The largest absolute Gasteiger partial charge is 0.478 e. The van der Waals surface area contributed by atoms with Crippen molar-refractivity contribution in [1.29, 1.82) is 0 Å². The van der Waals surface area contributed by atoms with Crippen LogP contribution in [0.25, 0.3) is 11.6 Å². The zero-order chi connectivity index (χ0) is 16.3. The van der Waals surface area contributed by atoms with Gasteiger partial charge in [0.2, 0.25) is 0 Å². The molecule has 0 saturated carbocycles. The van der Waals surface area contributed by atoms with Crippen molar-refractivity contribution in [3.63, 3.8) is 0 Å². The van der Waals surface area contributed by atoms with Gasteiger partial charge in [0, 0.05) is 12.1 Å². The lowest BCUT2D eigenvalue weighted by atomic mass is 9.98. The molecule has 0 atom stereocenters. The van der Waals surface area contributed by atoms with Crippen molar-refractivity contribution in [2.45, 2.75) is 13.8 Å². The van der Waals surface area contributed by atoms with Gasteiger partial charge < -0.3 is 5.11 Å². The van der Waals surface area contributed by atoms with Crippen molar-refractivity contribution >= 4 is 23.3 Å². The van der Waals surface area contributed by atoms with Crippen LogP contribution in [0.5, 0.6) is 0 Å².